The van der Waals surface area contributed by atoms with Crippen LogP contribution in [-0.4, -0.2) is 55.0 Å². The third-order valence-corrected chi connectivity index (χ3v) is 3.99. The van der Waals surface area contributed by atoms with Gasteiger partial charge in [-0.25, -0.2) is 14.2 Å². The number of anilines is 3. The number of carboxylic acids is 2. The van der Waals surface area contributed by atoms with Crippen molar-refractivity contribution in [2.75, 3.05) is 16.8 Å². The molecule has 0 aromatic carbocycles. The van der Waals surface area contributed by atoms with E-state index in [1.165, 1.54) is 0 Å². The summed E-state index contributed by atoms with van der Waals surface area (Å²) < 4.78 is 14.3. The highest BCUT2D eigenvalue weighted by molar-refractivity contribution is 5.96. The number of aliphatic carboxylic acids is 2. The quantitative estimate of drug-likeness (QED) is 0.236. The average molecular weight is 451 g/mol. The van der Waals surface area contributed by atoms with Gasteiger partial charge in [0, 0.05) is 12.5 Å². The van der Waals surface area contributed by atoms with Crippen molar-refractivity contribution < 1.29 is 33.8 Å². The predicted molar refractivity (Wildman–Crippen MR) is 106 cm³/mol. The summed E-state index contributed by atoms with van der Waals surface area (Å²) in [6.07, 6.45) is -0.538. The fourth-order valence-electron chi connectivity index (χ4n) is 2.50. The lowest BCUT2D eigenvalue weighted by molar-refractivity contribution is -0.140. The summed E-state index contributed by atoms with van der Waals surface area (Å²) in [6.45, 7) is 0. The molecule has 0 aliphatic heterocycles. The van der Waals surface area contributed by atoms with Crippen molar-refractivity contribution in [3.8, 4) is 0 Å². The molecule has 0 radical (unpaired) electrons. The number of carbonyl (C=O) groups excluding carboxylic acids is 2. The Labute approximate surface area is 177 Å². The number of hydrogen-bond acceptors (Lipinski definition) is 9. The zero-order chi connectivity index (χ0) is 24.0. The van der Waals surface area contributed by atoms with E-state index in [1.807, 2.05) is 5.32 Å². The van der Waals surface area contributed by atoms with Crippen LogP contribution in [0.1, 0.15) is 28.9 Å². The summed E-state index contributed by atoms with van der Waals surface area (Å²) in [5.74, 6) is -6.41. The van der Waals surface area contributed by atoms with Crippen LogP contribution < -0.4 is 27.7 Å². The molecule has 2 aromatic heterocycles. The molecule has 9 N–H and O–H groups in total. The first kappa shape index (κ1) is 23.7. The molecule has 170 valence electrons. The third kappa shape index (κ3) is 6.22. The van der Waals surface area contributed by atoms with Gasteiger partial charge in [0.1, 0.15) is 11.9 Å². The van der Waals surface area contributed by atoms with Crippen LogP contribution in [0, 0.1) is 5.82 Å². The summed E-state index contributed by atoms with van der Waals surface area (Å²) in [7, 11) is 0. The molecule has 0 saturated carbocycles. The zero-order valence-corrected chi connectivity index (χ0v) is 16.2. The van der Waals surface area contributed by atoms with Crippen molar-refractivity contribution in [2.24, 2.45) is 0 Å². The summed E-state index contributed by atoms with van der Waals surface area (Å²) in [5.41, 5.74) is 9.06. The Balaban J connectivity index is 2.08. The Bertz CT molecular complexity index is 1130. The van der Waals surface area contributed by atoms with Gasteiger partial charge in [-0.15, -0.1) is 0 Å². The van der Waals surface area contributed by atoms with Crippen molar-refractivity contribution in [3.05, 3.63) is 39.7 Å². The smallest absolute Gasteiger partial charge is 0.326 e. The lowest BCUT2D eigenvalue weighted by Crippen LogP contribution is -2.41. The van der Waals surface area contributed by atoms with Gasteiger partial charge in [0.2, 0.25) is 11.9 Å². The number of carboxylic acid groups (broad SMARTS) is 2. The van der Waals surface area contributed by atoms with Crippen LogP contribution in [0.25, 0.3) is 0 Å². The Morgan fingerprint density at radius 3 is 2.47 bits per heavy atom. The third-order valence-electron chi connectivity index (χ3n) is 3.99. The number of aromatic nitrogens is 3. The zero-order valence-electron chi connectivity index (χ0n) is 16.2. The van der Waals surface area contributed by atoms with Crippen molar-refractivity contribution in [3.63, 3.8) is 0 Å². The lowest BCUT2D eigenvalue weighted by Gasteiger charge is -2.14. The first-order valence-electron chi connectivity index (χ1n) is 8.83. The number of nitrogen functional groups attached to an aromatic ring is 2. The average Bonchev–Trinajstić information content (AvgIpc) is 2.67. The maximum atomic E-state index is 14.3. The number of rotatable bonds is 9. The Morgan fingerprint density at radius 1 is 1.22 bits per heavy atom. The minimum absolute atomic E-state index is 0.164. The highest BCUT2D eigenvalue weighted by atomic mass is 19.1. The molecule has 0 spiro atoms. The number of nitrogens with one attached hydrogen (secondary N) is 3. The number of nitrogens with two attached hydrogens (primary N) is 2. The predicted octanol–water partition coefficient (Wildman–Crippen LogP) is -1.30. The van der Waals surface area contributed by atoms with E-state index >= 15 is 0 Å². The van der Waals surface area contributed by atoms with E-state index in [1.54, 1.807) is 0 Å². The molecule has 0 unspecified atom stereocenters. The number of pyridine rings is 1. The van der Waals surface area contributed by atoms with Gasteiger partial charge in [-0.1, -0.05) is 0 Å². The summed E-state index contributed by atoms with van der Waals surface area (Å²) >= 11 is 0. The molecule has 2 amide bonds. The van der Waals surface area contributed by atoms with Crippen LogP contribution in [0.5, 0.6) is 0 Å². The second kappa shape index (κ2) is 9.96. The molecular weight excluding hydrogens is 433 g/mol. The molecule has 32 heavy (non-hydrogen) atoms. The first-order valence-corrected chi connectivity index (χ1v) is 8.83. The molecule has 0 aliphatic rings. The van der Waals surface area contributed by atoms with Gasteiger partial charge in [0.25, 0.3) is 11.5 Å². The van der Waals surface area contributed by atoms with E-state index in [2.05, 4.69) is 20.3 Å². The van der Waals surface area contributed by atoms with E-state index in [9.17, 15) is 28.4 Å². The first-order chi connectivity index (χ1) is 15.0. The molecule has 14 nitrogen and oxygen atoms in total. The Morgan fingerprint density at radius 2 is 1.91 bits per heavy atom. The second-order valence-corrected chi connectivity index (χ2v) is 6.39. The van der Waals surface area contributed by atoms with Gasteiger partial charge < -0.3 is 32.3 Å². The van der Waals surface area contributed by atoms with Gasteiger partial charge in [-0.3, -0.25) is 24.2 Å². The van der Waals surface area contributed by atoms with E-state index in [-0.39, 0.29) is 23.0 Å². The second-order valence-electron chi connectivity index (χ2n) is 6.39. The number of carbonyl (C=O) groups is 4. The van der Waals surface area contributed by atoms with E-state index in [0.29, 0.717) is 0 Å². The molecular formula is C17H18FN7O7. The topological polar surface area (TPSA) is 243 Å². The molecule has 0 bridgehead atoms. The number of halogens is 1. The maximum absolute atomic E-state index is 14.3. The minimum atomic E-state index is -1.57. The van der Waals surface area contributed by atoms with Gasteiger partial charge in [-0.2, -0.15) is 4.98 Å². The normalized spacial score (nSPS) is 11.4. The molecule has 1 atom stereocenters. The van der Waals surface area contributed by atoms with Crippen molar-refractivity contribution >= 4 is 41.2 Å². The molecule has 2 rings (SSSR count). The van der Waals surface area contributed by atoms with Crippen molar-refractivity contribution in [1.29, 1.82) is 0 Å². The van der Waals surface area contributed by atoms with Gasteiger partial charge in [0.15, 0.2) is 11.5 Å². The summed E-state index contributed by atoms with van der Waals surface area (Å²) in [5, 5.41) is 21.9. The highest BCUT2D eigenvalue weighted by Gasteiger charge is 2.24. The van der Waals surface area contributed by atoms with Gasteiger partial charge in [0.05, 0.1) is 23.9 Å². The molecule has 0 saturated heterocycles. The minimum Gasteiger partial charge on any atom is -0.481 e. The number of amides is 2. The van der Waals surface area contributed by atoms with E-state index in [0.717, 1.165) is 12.3 Å². The largest absolute Gasteiger partial charge is 0.481 e. The SMILES string of the molecule is Nc1nc(N)c(CC(=O)Nc2cnc(C(=O)N[C@@H](CCC(=O)O)C(=O)O)c(F)c2)c(=O)[nH]1. The van der Waals surface area contributed by atoms with Crippen LogP contribution in [0.2, 0.25) is 0 Å². The monoisotopic (exact) mass is 451 g/mol. The highest BCUT2D eigenvalue weighted by Crippen LogP contribution is 2.13. The lowest BCUT2D eigenvalue weighted by atomic mass is 10.1. The van der Waals surface area contributed by atoms with E-state index in [4.69, 9.17) is 21.7 Å². The van der Waals surface area contributed by atoms with Crippen LogP contribution in [0.3, 0.4) is 0 Å². The molecule has 0 aliphatic carbocycles. The van der Waals surface area contributed by atoms with Gasteiger partial charge in [-0.05, 0) is 6.42 Å². The summed E-state index contributed by atoms with van der Waals surface area (Å²) in [6, 6.07) is -0.821. The van der Waals surface area contributed by atoms with Crippen LogP contribution >= 0.6 is 0 Å². The van der Waals surface area contributed by atoms with E-state index < -0.39 is 66.1 Å². The Hall–Kier alpha value is -4.56. The van der Waals surface area contributed by atoms with Crippen molar-refractivity contribution in [1.82, 2.24) is 20.3 Å². The summed E-state index contributed by atoms with van der Waals surface area (Å²) in [4.78, 5) is 67.2. The molecule has 2 aromatic rings. The van der Waals surface area contributed by atoms with Crippen LogP contribution in [-0.2, 0) is 20.8 Å². The molecule has 0 fully saturated rings. The number of nitrogens with zero attached hydrogens (tertiary/aromatic N) is 2. The van der Waals surface area contributed by atoms with Crippen LogP contribution in [0.4, 0.5) is 21.8 Å². The fourth-order valence-corrected chi connectivity index (χ4v) is 2.50. The number of H-pyrrole nitrogens is 1. The maximum Gasteiger partial charge on any atom is 0.326 e. The standard InChI is InChI=1S/C17H18FN7O7/c18-8-3-6(22-10(26)4-7-13(19)24-17(20)25-14(7)29)5-21-12(8)15(30)23-9(16(31)32)1-2-11(27)28/h3,5,9H,1-2,4H2,(H,22,26)(H,23,30)(H,27,28)(H,31,32)(H5,19,20,24,25,29)/t9-/m0/s1. The number of aromatic amines is 1. The molecule has 2 heterocycles. The van der Waals surface area contributed by atoms with Crippen molar-refractivity contribution in [2.45, 2.75) is 25.3 Å². The van der Waals surface area contributed by atoms with Gasteiger partial charge >= 0.3 is 11.9 Å². The van der Waals surface area contributed by atoms with Crippen LogP contribution in [0.15, 0.2) is 17.1 Å². The number of hydrogen-bond donors (Lipinski definition) is 7. The fraction of sp³-hybridized carbons (Fsp3) is 0.235. The molecule has 15 heteroatoms. The Kier molecular flexibility index (Phi) is 7.39.